The third kappa shape index (κ3) is 4.12. The van der Waals surface area contributed by atoms with Gasteiger partial charge in [0.15, 0.2) is 5.78 Å². The molecule has 0 radical (unpaired) electrons. The molecule has 3 nitrogen and oxygen atoms in total. The molecule has 0 unspecified atom stereocenters. The van der Waals surface area contributed by atoms with Crippen LogP contribution in [-0.4, -0.2) is 17.9 Å². The Morgan fingerprint density at radius 3 is 2.58 bits per heavy atom. The second kappa shape index (κ2) is 8.25. The first-order chi connectivity index (χ1) is 11.2. The van der Waals surface area contributed by atoms with Crippen LogP contribution >= 0.6 is 17.0 Å². The molecule has 0 N–H and O–H groups in total. The highest BCUT2D eigenvalue weighted by Crippen LogP contribution is 2.22. The number of carbonyl (C=O) groups excluding carboxylic acids is 1. The van der Waals surface area contributed by atoms with Gasteiger partial charge < -0.3 is 4.74 Å². The molecular formula is C20H22BrNO2. The van der Waals surface area contributed by atoms with E-state index in [1.807, 2.05) is 43.3 Å². The van der Waals surface area contributed by atoms with E-state index in [9.17, 15) is 4.79 Å². The molecule has 24 heavy (non-hydrogen) atoms. The van der Waals surface area contributed by atoms with Gasteiger partial charge in [0.05, 0.1) is 7.11 Å². The topological polar surface area (TPSA) is 39.2 Å². The van der Waals surface area contributed by atoms with Gasteiger partial charge in [-0.1, -0.05) is 18.2 Å². The molecule has 1 aliphatic carbocycles. The van der Waals surface area contributed by atoms with Crippen molar-refractivity contribution in [2.75, 3.05) is 7.11 Å². The van der Waals surface area contributed by atoms with E-state index in [0.29, 0.717) is 0 Å². The molecule has 126 valence electrons. The molecule has 0 saturated heterocycles. The number of aryl methyl sites for hydroxylation is 3. The minimum atomic E-state index is 0. The number of nitrogens with zero attached hydrogens (tertiary/aromatic N) is 1. The maximum absolute atomic E-state index is 12.5. The SMILES string of the molecule is Br.COc1ccc(/C=C/C(=O)c2cc3c(nc2C)CCCC3)cc1. The molecule has 1 heterocycles. The number of hydrogen-bond donors (Lipinski definition) is 0. The van der Waals surface area contributed by atoms with E-state index in [4.69, 9.17) is 4.74 Å². The molecule has 0 bridgehead atoms. The Bertz CT molecular complexity index is 751. The highest BCUT2D eigenvalue weighted by Gasteiger charge is 2.15. The number of carbonyl (C=O) groups is 1. The van der Waals surface area contributed by atoms with Crippen molar-refractivity contribution in [2.45, 2.75) is 32.6 Å². The van der Waals surface area contributed by atoms with Crippen molar-refractivity contribution in [1.29, 1.82) is 0 Å². The van der Waals surface area contributed by atoms with E-state index in [2.05, 4.69) is 4.98 Å². The van der Waals surface area contributed by atoms with Crippen LogP contribution in [0, 0.1) is 6.92 Å². The van der Waals surface area contributed by atoms with Crippen LogP contribution in [0.4, 0.5) is 0 Å². The number of rotatable bonds is 4. The van der Waals surface area contributed by atoms with Crippen LogP contribution in [0.15, 0.2) is 36.4 Å². The zero-order chi connectivity index (χ0) is 16.2. The lowest BCUT2D eigenvalue weighted by molar-refractivity contribution is 0.104. The Hall–Kier alpha value is -1.94. The molecule has 0 atom stereocenters. The van der Waals surface area contributed by atoms with Gasteiger partial charge in [-0.15, -0.1) is 17.0 Å². The van der Waals surface area contributed by atoms with E-state index in [1.54, 1.807) is 13.2 Å². The van der Waals surface area contributed by atoms with Crippen molar-refractivity contribution in [1.82, 2.24) is 4.98 Å². The summed E-state index contributed by atoms with van der Waals surface area (Å²) in [7, 11) is 1.64. The summed E-state index contributed by atoms with van der Waals surface area (Å²) in [6, 6.07) is 9.67. The second-order valence-corrected chi connectivity index (χ2v) is 5.91. The Balaban J connectivity index is 0.00000208. The van der Waals surface area contributed by atoms with E-state index < -0.39 is 0 Å². The molecular weight excluding hydrogens is 366 g/mol. The largest absolute Gasteiger partial charge is 0.497 e. The van der Waals surface area contributed by atoms with E-state index in [1.165, 1.54) is 24.1 Å². The summed E-state index contributed by atoms with van der Waals surface area (Å²) >= 11 is 0. The number of hydrogen-bond acceptors (Lipinski definition) is 3. The third-order valence-electron chi connectivity index (χ3n) is 4.30. The molecule has 1 aromatic carbocycles. The maximum Gasteiger partial charge on any atom is 0.187 e. The molecule has 0 fully saturated rings. The number of ether oxygens (including phenoxy) is 1. The number of halogens is 1. The minimum Gasteiger partial charge on any atom is -0.497 e. The average Bonchev–Trinajstić information content (AvgIpc) is 2.59. The van der Waals surface area contributed by atoms with Crippen molar-refractivity contribution < 1.29 is 9.53 Å². The zero-order valence-electron chi connectivity index (χ0n) is 14.0. The molecule has 0 spiro atoms. The van der Waals surface area contributed by atoms with Gasteiger partial charge in [-0.25, -0.2) is 0 Å². The Labute approximate surface area is 153 Å². The number of benzene rings is 1. The van der Waals surface area contributed by atoms with Crippen LogP contribution in [0.5, 0.6) is 5.75 Å². The van der Waals surface area contributed by atoms with E-state index in [0.717, 1.165) is 35.4 Å². The lowest BCUT2D eigenvalue weighted by Gasteiger charge is -2.16. The molecule has 0 saturated carbocycles. The third-order valence-corrected chi connectivity index (χ3v) is 4.30. The van der Waals surface area contributed by atoms with Gasteiger partial charge in [0.2, 0.25) is 0 Å². The van der Waals surface area contributed by atoms with Crippen LogP contribution < -0.4 is 4.74 Å². The summed E-state index contributed by atoms with van der Waals surface area (Å²) in [6.07, 6.45) is 7.91. The number of aromatic nitrogens is 1. The number of methoxy groups -OCH3 is 1. The van der Waals surface area contributed by atoms with Crippen LogP contribution in [-0.2, 0) is 12.8 Å². The number of fused-ring (bicyclic) bond motifs is 1. The normalized spacial score (nSPS) is 13.2. The first-order valence-corrected chi connectivity index (χ1v) is 8.03. The fourth-order valence-corrected chi connectivity index (χ4v) is 2.96. The first-order valence-electron chi connectivity index (χ1n) is 8.03. The van der Waals surface area contributed by atoms with Crippen LogP contribution in [0.1, 0.15) is 45.7 Å². The van der Waals surface area contributed by atoms with Crippen molar-refractivity contribution in [3.05, 3.63) is 64.5 Å². The van der Waals surface area contributed by atoms with Gasteiger partial charge >= 0.3 is 0 Å². The monoisotopic (exact) mass is 387 g/mol. The average molecular weight is 388 g/mol. The predicted octanol–water partition coefficient (Wildman–Crippen LogP) is 4.75. The Morgan fingerprint density at radius 2 is 1.88 bits per heavy atom. The molecule has 3 rings (SSSR count). The van der Waals surface area contributed by atoms with Crippen molar-refractivity contribution in [3.63, 3.8) is 0 Å². The Morgan fingerprint density at radius 1 is 1.17 bits per heavy atom. The quantitative estimate of drug-likeness (QED) is 0.561. The summed E-state index contributed by atoms with van der Waals surface area (Å²) in [5.41, 5.74) is 4.93. The fourth-order valence-electron chi connectivity index (χ4n) is 2.96. The molecule has 0 amide bonds. The summed E-state index contributed by atoms with van der Waals surface area (Å²) in [5.74, 6) is 0.822. The minimum absolute atomic E-state index is 0. The number of allylic oxidation sites excluding steroid dienone is 1. The van der Waals surface area contributed by atoms with Gasteiger partial charge in [-0.3, -0.25) is 9.78 Å². The second-order valence-electron chi connectivity index (χ2n) is 5.91. The summed E-state index contributed by atoms with van der Waals surface area (Å²) in [5, 5.41) is 0. The number of pyridine rings is 1. The molecule has 1 aliphatic rings. The highest BCUT2D eigenvalue weighted by molar-refractivity contribution is 8.93. The van der Waals surface area contributed by atoms with Gasteiger partial charge in [0, 0.05) is 17.0 Å². The van der Waals surface area contributed by atoms with Gasteiger partial charge in [0.25, 0.3) is 0 Å². The standard InChI is InChI=1S/C20H21NO2.BrH/c1-14-18(13-16-5-3-4-6-19(16)21-14)20(22)12-9-15-7-10-17(23-2)11-8-15;/h7-13H,3-6H2,1-2H3;1H/b12-9+;. The summed E-state index contributed by atoms with van der Waals surface area (Å²) in [6.45, 7) is 1.92. The van der Waals surface area contributed by atoms with E-state index in [-0.39, 0.29) is 22.8 Å². The lowest BCUT2D eigenvalue weighted by Crippen LogP contribution is -2.10. The number of ketones is 1. The van der Waals surface area contributed by atoms with E-state index >= 15 is 0 Å². The van der Waals surface area contributed by atoms with Crippen molar-refractivity contribution >= 4 is 28.8 Å². The van der Waals surface area contributed by atoms with Crippen LogP contribution in [0.3, 0.4) is 0 Å². The summed E-state index contributed by atoms with van der Waals surface area (Å²) < 4.78 is 5.13. The maximum atomic E-state index is 12.5. The smallest absolute Gasteiger partial charge is 0.187 e. The molecule has 0 aliphatic heterocycles. The van der Waals surface area contributed by atoms with Gasteiger partial charge in [0.1, 0.15) is 5.75 Å². The van der Waals surface area contributed by atoms with Crippen molar-refractivity contribution in [3.8, 4) is 5.75 Å². The molecule has 1 aromatic heterocycles. The highest BCUT2D eigenvalue weighted by atomic mass is 79.9. The zero-order valence-corrected chi connectivity index (χ0v) is 15.8. The first kappa shape index (κ1) is 18.4. The molecule has 4 heteroatoms. The molecule has 2 aromatic rings. The van der Waals surface area contributed by atoms with Crippen LogP contribution in [0.25, 0.3) is 6.08 Å². The lowest BCUT2D eigenvalue weighted by atomic mass is 9.93. The van der Waals surface area contributed by atoms with Gasteiger partial charge in [-0.2, -0.15) is 0 Å². The predicted molar refractivity (Wildman–Crippen MR) is 102 cm³/mol. The van der Waals surface area contributed by atoms with Crippen LogP contribution in [0.2, 0.25) is 0 Å². The van der Waals surface area contributed by atoms with Crippen molar-refractivity contribution in [2.24, 2.45) is 0 Å². The van der Waals surface area contributed by atoms with Gasteiger partial charge in [-0.05, 0) is 68.0 Å². The summed E-state index contributed by atoms with van der Waals surface area (Å²) in [4.78, 5) is 17.1. The fraction of sp³-hybridized carbons (Fsp3) is 0.300. The Kier molecular flexibility index (Phi) is 6.32.